The summed E-state index contributed by atoms with van der Waals surface area (Å²) >= 11 is 9.54. The van der Waals surface area contributed by atoms with Crippen molar-refractivity contribution in [1.82, 2.24) is 9.97 Å². The third-order valence-corrected chi connectivity index (χ3v) is 6.13. The van der Waals surface area contributed by atoms with Crippen LogP contribution in [-0.4, -0.2) is 34.4 Å². The number of nitrogens with zero attached hydrogens (tertiary/aromatic N) is 3. The van der Waals surface area contributed by atoms with Gasteiger partial charge in [-0.3, -0.25) is 9.78 Å². The van der Waals surface area contributed by atoms with Gasteiger partial charge in [-0.1, -0.05) is 29.4 Å². The lowest BCUT2D eigenvalue weighted by molar-refractivity contribution is -0.121. The maximum atomic E-state index is 12.9. The summed E-state index contributed by atoms with van der Waals surface area (Å²) in [6, 6.07) is 3.82. The molecule has 23 heavy (non-hydrogen) atoms. The number of pyridine rings is 1. The van der Waals surface area contributed by atoms with Crippen LogP contribution in [0, 0.1) is 5.92 Å². The van der Waals surface area contributed by atoms with Crippen molar-refractivity contribution in [3.8, 4) is 10.6 Å². The number of rotatable bonds is 4. The molecule has 1 fully saturated rings. The van der Waals surface area contributed by atoms with E-state index in [1.807, 2.05) is 23.3 Å². The lowest BCUT2D eigenvalue weighted by Gasteiger charge is -2.22. The normalized spacial score (nSPS) is 19.0. The number of halogens is 1. The van der Waals surface area contributed by atoms with Gasteiger partial charge in [-0.25, -0.2) is 4.98 Å². The molecule has 7 heteroatoms. The Morgan fingerprint density at radius 2 is 2.35 bits per heavy atom. The highest BCUT2D eigenvalue weighted by Gasteiger charge is 2.30. The second-order valence-corrected chi connectivity index (χ2v) is 7.74. The highest BCUT2D eigenvalue weighted by molar-refractivity contribution is 7.98. The average molecular weight is 368 g/mol. The maximum absolute atomic E-state index is 12.9. The Labute approximate surface area is 149 Å². The largest absolute Gasteiger partial charge is 0.301 e. The number of thiazole rings is 1. The summed E-state index contributed by atoms with van der Waals surface area (Å²) in [5.41, 5.74) is 0.925. The summed E-state index contributed by atoms with van der Waals surface area (Å²) in [5.74, 6) is 1.12. The van der Waals surface area contributed by atoms with E-state index in [0.29, 0.717) is 5.15 Å². The zero-order valence-corrected chi connectivity index (χ0v) is 15.3. The number of carbonyl (C=O) groups is 1. The molecule has 1 aliphatic rings. The fourth-order valence-electron chi connectivity index (χ4n) is 2.74. The first-order valence-electron chi connectivity index (χ1n) is 7.57. The van der Waals surface area contributed by atoms with E-state index in [1.165, 1.54) is 11.3 Å². The molecule has 0 N–H and O–H groups in total. The molecule has 0 saturated carbocycles. The van der Waals surface area contributed by atoms with Crippen LogP contribution < -0.4 is 4.90 Å². The fourth-order valence-corrected chi connectivity index (χ4v) is 4.79. The number of hydrogen-bond acceptors (Lipinski definition) is 5. The van der Waals surface area contributed by atoms with Crippen LogP contribution in [0.2, 0.25) is 5.15 Å². The Hall–Kier alpha value is -1.11. The van der Waals surface area contributed by atoms with Crippen molar-refractivity contribution in [2.75, 3.05) is 23.5 Å². The van der Waals surface area contributed by atoms with Crippen LogP contribution in [0.5, 0.6) is 0 Å². The number of anilines is 1. The molecule has 1 saturated heterocycles. The number of amides is 1. The molecule has 122 valence electrons. The minimum absolute atomic E-state index is 0.0764. The highest BCUT2D eigenvalue weighted by Crippen LogP contribution is 2.39. The summed E-state index contributed by atoms with van der Waals surface area (Å²) in [6.45, 7) is 0.720. The van der Waals surface area contributed by atoms with Gasteiger partial charge in [-0.2, -0.15) is 11.8 Å². The smallest absolute Gasteiger partial charge is 0.231 e. The highest BCUT2D eigenvalue weighted by atomic mass is 35.5. The molecule has 1 unspecified atom stereocenters. The summed E-state index contributed by atoms with van der Waals surface area (Å²) in [4.78, 5) is 23.3. The van der Waals surface area contributed by atoms with E-state index < -0.39 is 0 Å². The van der Waals surface area contributed by atoms with Gasteiger partial charge in [0, 0.05) is 36.2 Å². The molecule has 0 aromatic carbocycles. The van der Waals surface area contributed by atoms with Gasteiger partial charge in [-0.05, 0) is 31.2 Å². The molecular weight excluding hydrogens is 350 g/mol. The second kappa shape index (κ2) is 7.64. The lowest BCUT2D eigenvalue weighted by atomic mass is 10.1. The van der Waals surface area contributed by atoms with E-state index in [0.717, 1.165) is 47.1 Å². The standard InChI is InChI=1S/C16H18ClN3OS2/c1-22-10-12-5-2-3-8-20(15(12)21)16-13(17)19-14(23-16)11-6-4-7-18-9-11/h4,6-7,9,12H,2-3,5,8,10H2,1H3. The molecule has 4 nitrogen and oxygen atoms in total. The summed E-state index contributed by atoms with van der Waals surface area (Å²) in [7, 11) is 0. The Morgan fingerprint density at radius 3 is 3.09 bits per heavy atom. The van der Waals surface area contributed by atoms with Gasteiger partial charge < -0.3 is 4.90 Å². The van der Waals surface area contributed by atoms with Gasteiger partial charge in [0.25, 0.3) is 0 Å². The first-order chi connectivity index (χ1) is 11.2. The molecule has 1 amide bonds. The molecule has 1 atom stereocenters. The van der Waals surface area contributed by atoms with E-state index >= 15 is 0 Å². The number of aromatic nitrogens is 2. The summed E-state index contributed by atoms with van der Waals surface area (Å²) in [5, 5.41) is 1.98. The summed E-state index contributed by atoms with van der Waals surface area (Å²) < 4.78 is 0. The van der Waals surface area contributed by atoms with E-state index in [1.54, 1.807) is 24.2 Å². The molecule has 0 aliphatic carbocycles. The number of thioether (sulfide) groups is 1. The van der Waals surface area contributed by atoms with E-state index in [2.05, 4.69) is 9.97 Å². The Balaban J connectivity index is 1.91. The fraction of sp³-hybridized carbons (Fsp3) is 0.438. The topological polar surface area (TPSA) is 46.1 Å². The Kier molecular flexibility index (Phi) is 5.56. The molecule has 0 bridgehead atoms. The van der Waals surface area contributed by atoms with Gasteiger partial charge in [0.2, 0.25) is 5.91 Å². The predicted molar refractivity (Wildman–Crippen MR) is 98.4 cm³/mol. The van der Waals surface area contributed by atoms with Crippen molar-refractivity contribution in [2.24, 2.45) is 5.92 Å². The monoisotopic (exact) mass is 367 g/mol. The van der Waals surface area contributed by atoms with Crippen LogP contribution in [0.3, 0.4) is 0 Å². The van der Waals surface area contributed by atoms with E-state index in [4.69, 9.17) is 11.6 Å². The van der Waals surface area contributed by atoms with E-state index in [-0.39, 0.29) is 11.8 Å². The molecule has 2 aromatic rings. The zero-order chi connectivity index (χ0) is 16.2. The van der Waals surface area contributed by atoms with Crippen LogP contribution in [0.1, 0.15) is 19.3 Å². The first-order valence-corrected chi connectivity index (χ1v) is 10.2. The molecule has 0 radical (unpaired) electrons. The van der Waals surface area contributed by atoms with Crippen LogP contribution in [0.25, 0.3) is 10.6 Å². The van der Waals surface area contributed by atoms with Crippen LogP contribution >= 0.6 is 34.7 Å². The number of hydrogen-bond donors (Lipinski definition) is 0. The molecule has 0 spiro atoms. The van der Waals surface area contributed by atoms with E-state index in [9.17, 15) is 4.79 Å². The quantitative estimate of drug-likeness (QED) is 0.805. The SMILES string of the molecule is CSCC1CCCCN(c2sc(-c3cccnc3)nc2Cl)C1=O. The molecule has 1 aliphatic heterocycles. The molecule has 3 rings (SSSR count). The van der Waals surface area contributed by atoms with Crippen molar-refractivity contribution in [2.45, 2.75) is 19.3 Å². The van der Waals surface area contributed by atoms with Gasteiger partial charge in [0.15, 0.2) is 5.15 Å². The predicted octanol–water partition coefficient (Wildman–Crippen LogP) is 4.35. The lowest BCUT2D eigenvalue weighted by Crippen LogP contribution is -2.35. The number of carbonyl (C=O) groups excluding carboxylic acids is 1. The third-order valence-electron chi connectivity index (χ3n) is 3.89. The van der Waals surface area contributed by atoms with Crippen molar-refractivity contribution in [3.05, 3.63) is 29.7 Å². The third kappa shape index (κ3) is 3.70. The first kappa shape index (κ1) is 16.7. The molecular formula is C16H18ClN3OS2. The van der Waals surface area contributed by atoms with Gasteiger partial charge in [0.1, 0.15) is 10.0 Å². The summed E-state index contributed by atoms with van der Waals surface area (Å²) in [6.07, 6.45) is 8.59. The van der Waals surface area contributed by atoms with Crippen molar-refractivity contribution < 1.29 is 4.79 Å². The maximum Gasteiger partial charge on any atom is 0.231 e. The van der Waals surface area contributed by atoms with Crippen molar-refractivity contribution in [3.63, 3.8) is 0 Å². The van der Waals surface area contributed by atoms with Crippen molar-refractivity contribution >= 4 is 45.6 Å². The minimum Gasteiger partial charge on any atom is -0.301 e. The average Bonchev–Trinajstić information content (AvgIpc) is 2.86. The van der Waals surface area contributed by atoms with Gasteiger partial charge in [-0.15, -0.1) is 0 Å². The van der Waals surface area contributed by atoms with Crippen LogP contribution in [-0.2, 0) is 4.79 Å². The van der Waals surface area contributed by atoms with Gasteiger partial charge >= 0.3 is 0 Å². The minimum atomic E-state index is 0.0764. The molecule has 2 aromatic heterocycles. The zero-order valence-electron chi connectivity index (χ0n) is 12.9. The second-order valence-electron chi connectivity index (χ2n) is 5.49. The van der Waals surface area contributed by atoms with Crippen LogP contribution in [0.15, 0.2) is 24.5 Å². The van der Waals surface area contributed by atoms with Gasteiger partial charge in [0.05, 0.1) is 0 Å². The Morgan fingerprint density at radius 1 is 1.48 bits per heavy atom. The molecule has 3 heterocycles. The Bertz CT molecular complexity index is 677. The van der Waals surface area contributed by atoms with Crippen LogP contribution in [0.4, 0.5) is 5.00 Å². The van der Waals surface area contributed by atoms with Crippen molar-refractivity contribution in [1.29, 1.82) is 0 Å².